The van der Waals surface area contributed by atoms with Gasteiger partial charge < -0.3 is 0 Å². The van der Waals surface area contributed by atoms with Crippen LogP contribution >= 0.6 is 15.8 Å². The van der Waals surface area contributed by atoms with Gasteiger partial charge in [0.1, 0.15) is 0 Å². The van der Waals surface area contributed by atoms with Gasteiger partial charge in [-0.05, 0) is 97.7 Å². The highest BCUT2D eigenvalue weighted by Gasteiger charge is 2.49. The van der Waals surface area contributed by atoms with Crippen LogP contribution in [0.3, 0.4) is 0 Å². The fraction of sp³-hybridized carbons (Fsp3) is 0.368. The third-order valence-corrected chi connectivity index (χ3v) is 16.3. The Kier molecular flexibility index (Phi) is 8.20. The standard InChI is InChI=1S/C38H42P2/c1-5-17-31(18-6-1)39(32-19-7-2-8-20-32)37-25-13-15-29-27-30-16-14-26-38(36(30)28-35(29)37)40(33-21-9-3-10-22-33)34-23-11-4-12-24-34/h1-12,17-24,29-30,35-38H,13-16,25-28H2. The molecule has 3 aliphatic rings. The Morgan fingerprint density at radius 3 is 1.02 bits per heavy atom. The lowest BCUT2D eigenvalue weighted by Gasteiger charge is -2.54. The minimum Gasteiger partial charge on any atom is -0.0622 e. The van der Waals surface area contributed by atoms with Crippen molar-refractivity contribution in [2.75, 3.05) is 0 Å². The lowest BCUT2D eigenvalue weighted by atomic mass is 9.59. The first kappa shape index (κ1) is 26.6. The van der Waals surface area contributed by atoms with E-state index in [1.807, 2.05) is 0 Å². The molecule has 6 atom stereocenters. The summed E-state index contributed by atoms with van der Waals surface area (Å²) < 4.78 is 0. The first-order valence-electron chi connectivity index (χ1n) is 15.7. The van der Waals surface area contributed by atoms with Gasteiger partial charge in [0.05, 0.1) is 0 Å². The molecular weight excluding hydrogens is 518 g/mol. The monoisotopic (exact) mass is 560 g/mol. The number of hydrogen-bond donors (Lipinski definition) is 0. The van der Waals surface area contributed by atoms with Crippen molar-refractivity contribution in [1.29, 1.82) is 0 Å². The van der Waals surface area contributed by atoms with E-state index in [0.717, 1.165) is 35.0 Å². The molecule has 0 amide bonds. The molecule has 0 saturated heterocycles. The summed E-state index contributed by atoms with van der Waals surface area (Å²) >= 11 is 0. The molecule has 0 heterocycles. The van der Waals surface area contributed by atoms with Gasteiger partial charge in [0, 0.05) is 0 Å². The topological polar surface area (TPSA) is 0 Å². The van der Waals surface area contributed by atoms with Crippen LogP contribution in [-0.4, -0.2) is 11.3 Å². The molecule has 0 aromatic heterocycles. The molecule has 2 heteroatoms. The van der Waals surface area contributed by atoms with Gasteiger partial charge in [-0.1, -0.05) is 147 Å². The fourth-order valence-corrected chi connectivity index (χ4v) is 15.2. The van der Waals surface area contributed by atoms with Crippen LogP contribution in [0.15, 0.2) is 121 Å². The van der Waals surface area contributed by atoms with Crippen molar-refractivity contribution in [1.82, 2.24) is 0 Å². The molecule has 0 spiro atoms. The van der Waals surface area contributed by atoms with Crippen LogP contribution in [0.5, 0.6) is 0 Å². The average Bonchev–Trinajstić information content (AvgIpc) is 3.03. The van der Waals surface area contributed by atoms with Crippen LogP contribution in [0.1, 0.15) is 51.4 Å². The molecule has 3 saturated carbocycles. The Morgan fingerprint density at radius 2 is 0.700 bits per heavy atom. The zero-order valence-electron chi connectivity index (χ0n) is 23.6. The first-order chi connectivity index (χ1) is 19.9. The predicted octanol–water partition coefficient (Wildman–Crippen LogP) is 8.62. The highest BCUT2D eigenvalue weighted by molar-refractivity contribution is 7.74. The van der Waals surface area contributed by atoms with E-state index in [1.165, 1.54) is 51.4 Å². The van der Waals surface area contributed by atoms with Crippen LogP contribution < -0.4 is 21.2 Å². The quantitative estimate of drug-likeness (QED) is 0.207. The highest BCUT2D eigenvalue weighted by atomic mass is 31.1. The zero-order chi connectivity index (χ0) is 26.7. The number of rotatable bonds is 6. The van der Waals surface area contributed by atoms with Crippen LogP contribution in [0.2, 0.25) is 0 Å². The lowest BCUT2D eigenvalue weighted by molar-refractivity contribution is 0.0580. The van der Waals surface area contributed by atoms with Gasteiger partial charge in [-0.2, -0.15) is 0 Å². The molecular formula is C38H42P2. The maximum absolute atomic E-state index is 2.43. The Morgan fingerprint density at radius 1 is 0.375 bits per heavy atom. The van der Waals surface area contributed by atoms with E-state index in [4.69, 9.17) is 0 Å². The molecule has 3 aliphatic carbocycles. The Hall–Kier alpha value is -2.26. The van der Waals surface area contributed by atoms with E-state index >= 15 is 0 Å². The molecule has 0 N–H and O–H groups in total. The van der Waals surface area contributed by atoms with Crippen LogP contribution in [0.25, 0.3) is 0 Å². The van der Waals surface area contributed by atoms with Gasteiger partial charge in [0.15, 0.2) is 0 Å². The summed E-state index contributed by atoms with van der Waals surface area (Å²) in [6, 6.07) is 46.4. The van der Waals surface area contributed by atoms with E-state index in [1.54, 1.807) is 21.2 Å². The minimum absolute atomic E-state index is 0.349. The summed E-state index contributed by atoms with van der Waals surface area (Å²) in [5.41, 5.74) is 1.61. The normalized spacial score (nSPS) is 28.1. The lowest BCUT2D eigenvalue weighted by Crippen LogP contribution is -2.47. The molecule has 0 bridgehead atoms. The Labute approximate surface area is 244 Å². The second-order valence-electron chi connectivity index (χ2n) is 12.4. The van der Waals surface area contributed by atoms with E-state index in [0.29, 0.717) is 0 Å². The predicted molar refractivity (Wildman–Crippen MR) is 177 cm³/mol. The molecule has 7 rings (SSSR count). The molecule has 4 aromatic carbocycles. The van der Waals surface area contributed by atoms with Crippen LogP contribution in [-0.2, 0) is 0 Å². The van der Waals surface area contributed by atoms with Crippen molar-refractivity contribution in [2.45, 2.75) is 62.7 Å². The van der Waals surface area contributed by atoms with E-state index in [9.17, 15) is 0 Å². The summed E-state index contributed by atoms with van der Waals surface area (Å²) in [4.78, 5) is 0. The molecule has 0 aliphatic heterocycles. The third-order valence-electron chi connectivity index (χ3n) is 10.3. The zero-order valence-corrected chi connectivity index (χ0v) is 25.4. The molecule has 0 radical (unpaired) electrons. The molecule has 3 fully saturated rings. The van der Waals surface area contributed by atoms with E-state index in [2.05, 4.69) is 121 Å². The van der Waals surface area contributed by atoms with Gasteiger partial charge >= 0.3 is 0 Å². The van der Waals surface area contributed by atoms with E-state index in [-0.39, 0.29) is 15.8 Å². The van der Waals surface area contributed by atoms with Crippen molar-refractivity contribution in [3.63, 3.8) is 0 Å². The van der Waals surface area contributed by atoms with Gasteiger partial charge in [-0.3, -0.25) is 0 Å². The third kappa shape index (κ3) is 5.36. The van der Waals surface area contributed by atoms with Crippen LogP contribution in [0.4, 0.5) is 0 Å². The smallest absolute Gasteiger partial charge is 0.00977 e. The second-order valence-corrected chi connectivity index (χ2v) is 17.3. The summed E-state index contributed by atoms with van der Waals surface area (Å²) in [6.45, 7) is 0. The maximum atomic E-state index is 2.43. The van der Waals surface area contributed by atoms with Gasteiger partial charge in [0.25, 0.3) is 0 Å². The maximum Gasteiger partial charge on any atom is -0.00977 e. The number of hydrogen-bond acceptors (Lipinski definition) is 0. The van der Waals surface area contributed by atoms with Gasteiger partial charge in [0.2, 0.25) is 0 Å². The molecule has 204 valence electrons. The minimum atomic E-state index is -0.349. The average molecular weight is 561 g/mol. The molecule has 0 nitrogen and oxygen atoms in total. The molecule has 40 heavy (non-hydrogen) atoms. The Balaban J connectivity index is 1.25. The second kappa shape index (κ2) is 12.3. The summed E-state index contributed by atoms with van der Waals surface area (Å²) in [7, 11) is -0.698. The summed E-state index contributed by atoms with van der Waals surface area (Å²) in [6.07, 6.45) is 11.5. The van der Waals surface area contributed by atoms with Crippen molar-refractivity contribution >= 4 is 37.1 Å². The van der Waals surface area contributed by atoms with Gasteiger partial charge in [-0.25, -0.2) is 0 Å². The Bertz CT molecular complexity index is 1160. The van der Waals surface area contributed by atoms with Crippen LogP contribution in [0, 0.1) is 23.7 Å². The first-order valence-corrected chi connectivity index (χ1v) is 18.5. The largest absolute Gasteiger partial charge is 0.0622 e. The van der Waals surface area contributed by atoms with Crippen molar-refractivity contribution in [2.24, 2.45) is 23.7 Å². The molecule has 6 unspecified atom stereocenters. The number of benzene rings is 4. The van der Waals surface area contributed by atoms with Crippen molar-refractivity contribution in [3.05, 3.63) is 121 Å². The number of fused-ring (bicyclic) bond motifs is 2. The fourth-order valence-electron chi connectivity index (χ4n) is 8.71. The summed E-state index contributed by atoms with van der Waals surface area (Å²) in [5, 5.41) is 6.36. The van der Waals surface area contributed by atoms with Crippen molar-refractivity contribution < 1.29 is 0 Å². The molecule has 4 aromatic rings. The van der Waals surface area contributed by atoms with Crippen molar-refractivity contribution in [3.8, 4) is 0 Å². The highest BCUT2D eigenvalue weighted by Crippen LogP contribution is 2.61. The van der Waals surface area contributed by atoms with Gasteiger partial charge in [-0.15, -0.1) is 0 Å². The van der Waals surface area contributed by atoms with E-state index < -0.39 is 0 Å². The SMILES string of the molecule is c1ccc(P(c2ccccc2)C2CCCC3CC4CCCC(P(c5ccccc5)c5ccccc5)C4CC32)cc1. The summed E-state index contributed by atoms with van der Waals surface area (Å²) in [5.74, 6) is 3.59.